The molecule has 4 heteroatoms. The van der Waals surface area contributed by atoms with Gasteiger partial charge in [0, 0.05) is 0 Å². The molecule has 0 aliphatic heterocycles. The maximum absolute atomic E-state index is 9.74. The fraction of sp³-hybridized carbons (Fsp3) is 0.750. The molecule has 0 aliphatic carbocycles. The topological polar surface area (TPSA) is 69.6 Å². The van der Waals surface area contributed by atoms with Crippen molar-refractivity contribution in [3.05, 3.63) is 0 Å². The highest BCUT2D eigenvalue weighted by Gasteiger charge is 1.98. The van der Waals surface area contributed by atoms with E-state index in [0.29, 0.717) is 0 Å². The van der Waals surface area contributed by atoms with E-state index in [1.54, 1.807) is 0 Å². The molecule has 8 heavy (non-hydrogen) atoms. The van der Waals surface area contributed by atoms with E-state index in [1.165, 1.54) is 6.92 Å². The van der Waals surface area contributed by atoms with E-state index in [9.17, 15) is 9.90 Å². The first-order valence-corrected chi connectivity index (χ1v) is 2.11. The van der Waals surface area contributed by atoms with E-state index < -0.39 is 18.9 Å². The SMILES string of the molecule is CC(OCO)C(=O)[O-]. The van der Waals surface area contributed by atoms with E-state index in [0.717, 1.165) is 0 Å². The predicted molar refractivity (Wildman–Crippen MR) is 22.6 cm³/mol. The van der Waals surface area contributed by atoms with Crippen molar-refractivity contribution < 1.29 is 19.7 Å². The van der Waals surface area contributed by atoms with Gasteiger partial charge in [-0.25, -0.2) is 0 Å². The van der Waals surface area contributed by atoms with Crippen LogP contribution in [0.2, 0.25) is 0 Å². The molecule has 0 saturated carbocycles. The Hall–Kier alpha value is -0.610. The number of aliphatic hydroxyl groups is 1. The number of ether oxygens (including phenoxy) is 1. The summed E-state index contributed by atoms with van der Waals surface area (Å²) in [5.74, 6) is -1.32. The monoisotopic (exact) mass is 119 g/mol. The summed E-state index contributed by atoms with van der Waals surface area (Å²) in [6, 6.07) is 0. The van der Waals surface area contributed by atoms with Crippen LogP contribution in [0.25, 0.3) is 0 Å². The number of carboxylic acids is 1. The molecule has 0 amide bonds. The first-order chi connectivity index (χ1) is 3.68. The summed E-state index contributed by atoms with van der Waals surface area (Å²) < 4.78 is 4.20. The van der Waals surface area contributed by atoms with E-state index in [2.05, 4.69) is 4.74 Å². The predicted octanol–water partition coefficient (Wildman–Crippen LogP) is -1.91. The van der Waals surface area contributed by atoms with E-state index in [1.807, 2.05) is 0 Å². The van der Waals surface area contributed by atoms with Crippen LogP contribution in [0.5, 0.6) is 0 Å². The lowest BCUT2D eigenvalue weighted by Gasteiger charge is -2.09. The molecular weight excluding hydrogens is 112 g/mol. The molecule has 0 heterocycles. The lowest BCUT2D eigenvalue weighted by atomic mass is 10.4. The van der Waals surface area contributed by atoms with Crippen molar-refractivity contribution in [2.24, 2.45) is 0 Å². The molecule has 4 nitrogen and oxygen atoms in total. The van der Waals surface area contributed by atoms with Crippen LogP contribution in [-0.2, 0) is 9.53 Å². The van der Waals surface area contributed by atoms with Crippen molar-refractivity contribution >= 4 is 5.97 Å². The van der Waals surface area contributed by atoms with E-state index in [4.69, 9.17) is 5.11 Å². The third kappa shape index (κ3) is 2.54. The maximum atomic E-state index is 9.74. The molecule has 0 rings (SSSR count). The molecule has 0 radical (unpaired) electrons. The maximum Gasteiger partial charge on any atom is 0.144 e. The van der Waals surface area contributed by atoms with E-state index in [-0.39, 0.29) is 0 Å². The first-order valence-electron chi connectivity index (χ1n) is 2.11. The molecule has 0 aromatic carbocycles. The van der Waals surface area contributed by atoms with Gasteiger partial charge < -0.3 is 19.7 Å². The summed E-state index contributed by atoms with van der Waals surface area (Å²) in [7, 11) is 0. The van der Waals surface area contributed by atoms with Gasteiger partial charge in [-0.3, -0.25) is 0 Å². The number of aliphatic carboxylic acids is 1. The molecule has 48 valence electrons. The normalized spacial score (nSPS) is 13.2. The average molecular weight is 119 g/mol. The molecule has 0 spiro atoms. The van der Waals surface area contributed by atoms with E-state index >= 15 is 0 Å². The zero-order chi connectivity index (χ0) is 6.57. The Morgan fingerprint density at radius 3 is 2.62 bits per heavy atom. The smallest absolute Gasteiger partial charge is 0.144 e. The van der Waals surface area contributed by atoms with Crippen LogP contribution in [0, 0.1) is 0 Å². The minimum atomic E-state index is -1.32. The molecule has 0 bridgehead atoms. The van der Waals surface area contributed by atoms with Crippen molar-refractivity contribution in [1.29, 1.82) is 0 Å². The highest BCUT2D eigenvalue weighted by molar-refractivity contribution is 5.69. The van der Waals surface area contributed by atoms with Gasteiger partial charge in [0.2, 0.25) is 0 Å². The Morgan fingerprint density at radius 2 is 2.50 bits per heavy atom. The van der Waals surface area contributed by atoms with Crippen molar-refractivity contribution in [2.75, 3.05) is 6.79 Å². The number of aliphatic hydroxyl groups excluding tert-OH is 1. The lowest BCUT2D eigenvalue weighted by molar-refractivity contribution is -0.317. The number of hydrogen-bond acceptors (Lipinski definition) is 4. The first kappa shape index (κ1) is 7.39. The van der Waals surface area contributed by atoms with Gasteiger partial charge in [0.15, 0.2) is 0 Å². The largest absolute Gasteiger partial charge is 0.547 e. The third-order valence-corrected chi connectivity index (χ3v) is 0.656. The fourth-order valence-electron chi connectivity index (χ4n) is 0.180. The second kappa shape index (κ2) is 3.40. The minimum Gasteiger partial charge on any atom is -0.547 e. The Labute approximate surface area is 46.7 Å². The molecule has 0 aromatic heterocycles. The highest BCUT2D eigenvalue weighted by Crippen LogP contribution is 1.83. The standard InChI is InChI=1S/C4H8O4/c1-3(4(6)7)8-2-5/h3,5H,2H2,1H3,(H,6,7)/p-1. The summed E-state index contributed by atoms with van der Waals surface area (Å²) in [5.41, 5.74) is 0. The molecule has 1 unspecified atom stereocenters. The van der Waals surface area contributed by atoms with Crippen molar-refractivity contribution in [2.45, 2.75) is 13.0 Å². The fourth-order valence-corrected chi connectivity index (χ4v) is 0.180. The molecule has 1 atom stereocenters. The molecular formula is C4H7O4-. The Balaban J connectivity index is 3.32. The summed E-state index contributed by atoms with van der Waals surface area (Å²) in [4.78, 5) is 9.74. The van der Waals surface area contributed by atoms with Crippen LogP contribution in [0.15, 0.2) is 0 Å². The number of carbonyl (C=O) groups is 1. The summed E-state index contributed by atoms with van der Waals surface area (Å²) in [6.07, 6.45) is -1.03. The van der Waals surface area contributed by atoms with Crippen molar-refractivity contribution in [3.63, 3.8) is 0 Å². The molecule has 1 N–H and O–H groups in total. The van der Waals surface area contributed by atoms with Gasteiger partial charge in [-0.2, -0.15) is 0 Å². The zero-order valence-corrected chi connectivity index (χ0v) is 4.46. The second-order valence-corrected chi connectivity index (χ2v) is 1.26. The van der Waals surface area contributed by atoms with Gasteiger partial charge >= 0.3 is 0 Å². The second-order valence-electron chi connectivity index (χ2n) is 1.26. The summed E-state index contributed by atoms with van der Waals surface area (Å²) in [5, 5.41) is 17.7. The Bertz CT molecular complexity index is 80.1. The van der Waals surface area contributed by atoms with Gasteiger partial charge in [-0.1, -0.05) is 0 Å². The Morgan fingerprint density at radius 1 is 2.00 bits per heavy atom. The quantitative estimate of drug-likeness (QED) is 0.440. The summed E-state index contributed by atoms with van der Waals surface area (Å²) in [6.45, 7) is 0.695. The molecule has 0 fully saturated rings. The van der Waals surface area contributed by atoms with Gasteiger partial charge in [0.25, 0.3) is 0 Å². The third-order valence-electron chi connectivity index (χ3n) is 0.656. The number of carbonyl (C=O) groups excluding carboxylic acids is 1. The highest BCUT2D eigenvalue weighted by atomic mass is 16.6. The number of hydrogen-bond donors (Lipinski definition) is 1. The average Bonchev–Trinajstić information content (AvgIpc) is 1.67. The van der Waals surface area contributed by atoms with Crippen molar-refractivity contribution in [3.8, 4) is 0 Å². The van der Waals surface area contributed by atoms with Crippen LogP contribution in [0.1, 0.15) is 6.92 Å². The van der Waals surface area contributed by atoms with Crippen LogP contribution >= 0.6 is 0 Å². The molecule has 0 aliphatic rings. The molecule has 0 aromatic rings. The molecule has 0 saturated heterocycles. The van der Waals surface area contributed by atoms with Crippen LogP contribution in [0.4, 0.5) is 0 Å². The van der Waals surface area contributed by atoms with Crippen LogP contribution in [-0.4, -0.2) is 24.0 Å². The van der Waals surface area contributed by atoms with Gasteiger partial charge in [0.05, 0.1) is 12.1 Å². The lowest BCUT2D eigenvalue weighted by Crippen LogP contribution is -2.35. The number of carboxylic acid groups (broad SMARTS) is 1. The summed E-state index contributed by atoms with van der Waals surface area (Å²) >= 11 is 0. The van der Waals surface area contributed by atoms with Gasteiger partial charge in [-0.05, 0) is 6.92 Å². The van der Waals surface area contributed by atoms with Gasteiger partial charge in [0.1, 0.15) is 6.79 Å². The van der Waals surface area contributed by atoms with Crippen molar-refractivity contribution in [1.82, 2.24) is 0 Å². The minimum absolute atomic E-state index is 0.588. The zero-order valence-electron chi connectivity index (χ0n) is 4.46. The Kier molecular flexibility index (Phi) is 3.14. The van der Waals surface area contributed by atoms with Gasteiger partial charge in [-0.15, -0.1) is 0 Å². The van der Waals surface area contributed by atoms with Crippen LogP contribution < -0.4 is 5.11 Å². The number of rotatable bonds is 3. The van der Waals surface area contributed by atoms with Crippen LogP contribution in [0.3, 0.4) is 0 Å².